The van der Waals surface area contributed by atoms with Crippen molar-refractivity contribution in [2.45, 2.75) is 0 Å². The van der Waals surface area contributed by atoms with Crippen LogP contribution in [-0.2, 0) is 0 Å². The highest BCUT2D eigenvalue weighted by molar-refractivity contribution is 5.60. The summed E-state index contributed by atoms with van der Waals surface area (Å²) >= 11 is 0. The number of hydrogen-bond acceptors (Lipinski definition) is 4. The summed E-state index contributed by atoms with van der Waals surface area (Å²) in [6, 6.07) is 5.59. The molecular weight excluding hydrogens is 239 g/mol. The topological polar surface area (TPSA) is 64.2 Å². The van der Waals surface area contributed by atoms with Crippen LogP contribution < -0.4 is 4.90 Å². The van der Waals surface area contributed by atoms with Gasteiger partial charge in [-0.05, 0) is 24.3 Å². The van der Waals surface area contributed by atoms with E-state index in [1.165, 1.54) is 35.1 Å². The summed E-state index contributed by atoms with van der Waals surface area (Å²) in [6.45, 7) is 0. The molecule has 1 aromatic carbocycles. The number of halogens is 1. The van der Waals surface area contributed by atoms with Crippen LogP contribution in [0, 0.1) is 15.9 Å². The molecule has 0 bridgehead atoms. The van der Waals surface area contributed by atoms with Gasteiger partial charge in [0, 0.05) is 14.1 Å². The molecule has 1 aromatic heterocycles. The van der Waals surface area contributed by atoms with Crippen LogP contribution in [0.25, 0.3) is 5.69 Å². The number of hydrogen-bond donors (Lipinski definition) is 0. The first kappa shape index (κ1) is 12.0. The standard InChI is InChI=1S/C11H11FN4O2/c1-14(2)11-10(16(17)18)7-13-15(11)9-5-3-8(12)4-6-9/h3-7H,1-2H3. The minimum Gasteiger partial charge on any atom is -0.357 e. The normalized spacial score (nSPS) is 10.4. The van der Waals surface area contributed by atoms with E-state index in [9.17, 15) is 14.5 Å². The Kier molecular flexibility index (Phi) is 2.97. The van der Waals surface area contributed by atoms with Gasteiger partial charge in [-0.3, -0.25) is 10.1 Å². The van der Waals surface area contributed by atoms with Crippen LogP contribution in [0.4, 0.5) is 15.9 Å². The van der Waals surface area contributed by atoms with E-state index in [0.29, 0.717) is 11.5 Å². The van der Waals surface area contributed by atoms with Gasteiger partial charge in [0.15, 0.2) is 0 Å². The van der Waals surface area contributed by atoms with Crippen molar-refractivity contribution < 1.29 is 9.31 Å². The Morgan fingerprint density at radius 1 is 1.33 bits per heavy atom. The maximum absolute atomic E-state index is 12.8. The second-order valence-electron chi connectivity index (χ2n) is 3.89. The molecule has 6 nitrogen and oxygen atoms in total. The van der Waals surface area contributed by atoms with Gasteiger partial charge in [-0.2, -0.15) is 5.10 Å². The van der Waals surface area contributed by atoms with Gasteiger partial charge in [0.25, 0.3) is 0 Å². The van der Waals surface area contributed by atoms with Crippen molar-refractivity contribution in [3.8, 4) is 5.69 Å². The molecule has 7 heteroatoms. The van der Waals surface area contributed by atoms with Crippen LogP contribution in [0.5, 0.6) is 0 Å². The first-order valence-electron chi connectivity index (χ1n) is 5.16. The second kappa shape index (κ2) is 4.44. The Bertz CT molecular complexity index is 577. The largest absolute Gasteiger partial charge is 0.357 e. The summed E-state index contributed by atoms with van der Waals surface area (Å²) in [7, 11) is 3.37. The molecule has 0 saturated heterocycles. The van der Waals surface area contributed by atoms with E-state index in [2.05, 4.69) is 5.10 Å². The van der Waals surface area contributed by atoms with E-state index < -0.39 is 4.92 Å². The Balaban J connectivity index is 2.57. The molecular formula is C11H11FN4O2. The highest BCUT2D eigenvalue weighted by Gasteiger charge is 2.22. The van der Waals surface area contributed by atoms with Crippen molar-refractivity contribution in [2.75, 3.05) is 19.0 Å². The molecule has 0 N–H and O–H groups in total. The van der Waals surface area contributed by atoms with Crippen LogP contribution in [0.2, 0.25) is 0 Å². The first-order valence-corrected chi connectivity index (χ1v) is 5.16. The lowest BCUT2D eigenvalue weighted by Crippen LogP contribution is -2.15. The molecule has 0 aliphatic carbocycles. The van der Waals surface area contributed by atoms with Crippen LogP contribution in [0.15, 0.2) is 30.5 Å². The van der Waals surface area contributed by atoms with E-state index in [-0.39, 0.29) is 11.5 Å². The third-order valence-corrected chi connectivity index (χ3v) is 2.42. The van der Waals surface area contributed by atoms with Crippen molar-refractivity contribution in [3.05, 3.63) is 46.4 Å². The molecule has 0 aliphatic heterocycles. The third-order valence-electron chi connectivity index (χ3n) is 2.42. The number of nitrogens with zero attached hydrogens (tertiary/aromatic N) is 4. The third kappa shape index (κ3) is 2.02. The van der Waals surface area contributed by atoms with E-state index in [1.807, 2.05) is 0 Å². The molecule has 2 rings (SSSR count). The van der Waals surface area contributed by atoms with E-state index in [0.717, 1.165) is 0 Å². The molecule has 0 fully saturated rings. The number of rotatable bonds is 3. The Labute approximate surface area is 102 Å². The van der Waals surface area contributed by atoms with Gasteiger partial charge < -0.3 is 4.90 Å². The van der Waals surface area contributed by atoms with Gasteiger partial charge >= 0.3 is 5.69 Å². The molecule has 0 atom stereocenters. The van der Waals surface area contributed by atoms with Crippen LogP contribution >= 0.6 is 0 Å². The monoisotopic (exact) mass is 250 g/mol. The molecule has 0 radical (unpaired) electrons. The summed E-state index contributed by atoms with van der Waals surface area (Å²) in [5.41, 5.74) is 0.470. The van der Waals surface area contributed by atoms with Gasteiger partial charge in [-0.15, -0.1) is 0 Å². The van der Waals surface area contributed by atoms with Crippen molar-refractivity contribution in [3.63, 3.8) is 0 Å². The molecule has 0 spiro atoms. The van der Waals surface area contributed by atoms with Gasteiger partial charge in [0.05, 0.1) is 10.6 Å². The Hall–Kier alpha value is -2.44. The van der Waals surface area contributed by atoms with Crippen molar-refractivity contribution in [1.82, 2.24) is 9.78 Å². The number of nitro groups is 1. The average molecular weight is 250 g/mol. The lowest BCUT2D eigenvalue weighted by molar-refractivity contribution is -0.384. The number of aromatic nitrogens is 2. The molecule has 94 valence electrons. The Morgan fingerprint density at radius 3 is 2.44 bits per heavy atom. The zero-order valence-electron chi connectivity index (χ0n) is 9.87. The van der Waals surface area contributed by atoms with Gasteiger partial charge in [0.2, 0.25) is 5.82 Å². The minimum atomic E-state index is -0.498. The van der Waals surface area contributed by atoms with Crippen molar-refractivity contribution in [1.29, 1.82) is 0 Å². The zero-order chi connectivity index (χ0) is 13.3. The van der Waals surface area contributed by atoms with E-state index in [4.69, 9.17) is 0 Å². The lowest BCUT2D eigenvalue weighted by Gasteiger charge is -2.13. The number of benzene rings is 1. The SMILES string of the molecule is CN(C)c1c([N+](=O)[O-])cnn1-c1ccc(F)cc1. The maximum atomic E-state index is 12.8. The molecule has 0 aliphatic rings. The lowest BCUT2D eigenvalue weighted by atomic mass is 10.3. The molecule has 1 heterocycles. The van der Waals surface area contributed by atoms with Crippen LogP contribution in [-0.4, -0.2) is 28.8 Å². The second-order valence-corrected chi connectivity index (χ2v) is 3.89. The fourth-order valence-electron chi connectivity index (χ4n) is 1.65. The highest BCUT2D eigenvalue weighted by atomic mass is 19.1. The molecule has 2 aromatic rings. The van der Waals surface area contributed by atoms with Crippen molar-refractivity contribution >= 4 is 11.5 Å². The quantitative estimate of drug-likeness (QED) is 0.617. The fourth-order valence-corrected chi connectivity index (χ4v) is 1.65. The molecule has 0 amide bonds. The summed E-state index contributed by atoms with van der Waals surface area (Å²) in [4.78, 5) is 12.0. The molecule has 0 unspecified atom stereocenters. The van der Waals surface area contributed by atoms with Crippen LogP contribution in [0.3, 0.4) is 0 Å². The van der Waals surface area contributed by atoms with Crippen LogP contribution in [0.1, 0.15) is 0 Å². The molecule has 0 saturated carbocycles. The fraction of sp³-hybridized carbons (Fsp3) is 0.182. The Morgan fingerprint density at radius 2 is 1.94 bits per heavy atom. The van der Waals surface area contributed by atoms with Gasteiger partial charge in [0.1, 0.15) is 12.0 Å². The maximum Gasteiger partial charge on any atom is 0.331 e. The number of anilines is 1. The summed E-state index contributed by atoms with van der Waals surface area (Å²) in [6.07, 6.45) is 1.18. The highest BCUT2D eigenvalue weighted by Crippen LogP contribution is 2.28. The average Bonchev–Trinajstić information content (AvgIpc) is 2.74. The summed E-state index contributed by atoms with van der Waals surface area (Å²) < 4.78 is 14.2. The molecule has 18 heavy (non-hydrogen) atoms. The van der Waals surface area contributed by atoms with E-state index in [1.54, 1.807) is 19.0 Å². The summed E-state index contributed by atoms with van der Waals surface area (Å²) in [5.74, 6) is -0.0292. The zero-order valence-corrected chi connectivity index (χ0v) is 9.87. The predicted molar refractivity (Wildman–Crippen MR) is 64.5 cm³/mol. The van der Waals surface area contributed by atoms with Gasteiger partial charge in [-0.1, -0.05) is 0 Å². The first-order chi connectivity index (χ1) is 8.50. The van der Waals surface area contributed by atoms with E-state index >= 15 is 0 Å². The summed E-state index contributed by atoms with van der Waals surface area (Å²) in [5, 5.41) is 14.9. The minimum absolute atomic E-state index is 0.0932. The predicted octanol–water partition coefficient (Wildman–Crippen LogP) is 1.99. The van der Waals surface area contributed by atoms with Crippen molar-refractivity contribution in [2.24, 2.45) is 0 Å². The smallest absolute Gasteiger partial charge is 0.331 e. The van der Waals surface area contributed by atoms with Gasteiger partial charge in [-0.25, -0.2) is 9.07 Å².